The first kappa shape index (κ1) is 20.6. The van der Waals surface area contributed by atoms with E-state index in [0.29, 0.717) is 22.4 Å². The minimum absolute atomic E-state index is 0.188. The molecule has 0 aliphatic carbocycles. The summed E-state index contributed by atoms with van der Waals surface area (Å²) in [5.41, 5.74) is 0.899. The Balaban J connectivity index is 2.54. The van der Waals surface area contributed by atoms with Crippen molar-refractivity contribution >= 4 is 17.5 Å². The van der Waals surface area contributed by atoms with Crippen LogP contribution in [0, 0.1) is 11.2 Å². The van der Waals surface area contributed by atoms with Gasteiger partial charge in [-0.05, 0) is 50.6 Å². The van der Waals surface area contributed by atoms with Gasteiger partial charge in [0.2, 0.25) is 5.91 Å². The molecule has 0 unspecified atom stereocenters. The van der Waals surface area contributed by atoms with E-state index in [-0.39, 0.29) is 11.8 Å². The van der Waals surface area contributed by atoms with Crippen LogP contribution in [0.2, 0.25) is 0 Å². The van der Waals surface area contributed by atoms with E-state index in [1.807, 2.05) is 20.8 Å². The van der Waals surface area contributed by atoms with E-state index < -0.39 is 16.8 Å². The lowest BCUT2D eigenvalue weighted by Crippen LogP contribution is -2.40. The predicted octanol–water partition coefficient (Wildman–Crippen LogP) is 5.01. The largest absolute Gasteiger partial charge is 0.347 e. The Morgan fingerprint density at radius 1 is 0.889 bits per heavy atom. The first-order chi connectivity index (χ1) is 12.4. The van der Waals surface area contributed by atoms with E-state index in [2.05, 4.69) is 10.6 Å². The van der Waals surface area contributed by atoms with Crippen LogP contribution in [0.5, 0.6) is 0 Å². The zero-order valence-corrected chi connectivity index (χ0v) is 16.7. The topological polar surface area (TPSA) is 58.2 Å². The minimum atomic E-state index is -0.602. The number of anilines is 1. The lowest BCUT2D eigenvalue weighted by Gasteiger charge is -2.23. The van der Waals surface area contributed by atoms with Gasteiger partial charge in [-0.2, -0.15) is 0 Å². The smallest absolute Gasteiger partial charge is 0.252 e. The van der Waals surface area contributed by atoms with Gasteiger partial charge in [-0.25, -0.2) is 4.39 Å². The summed E-state index contributed by atoms with van der Waals surface area (Å²) in [7, 11) is 0. The van der Waals surface area contributed by atoms with Crippen LogP contribution < -0.4 is 10.6 Å². The molecule has 2 aromatic rings. The fourth-order valence-electron chi connectivity index (χ4n) is 2.48. The monoisotopic (exact) mass is 370 g/mol. The Kier molecular flexibility index (Phi) is 5.73. The highest BCUT2D eigenvalue weighted by Gasteiger charge is 2.24. The van der Waals surface area contributed by atoms with Gasteiger partial charge in [0, 0.05) is 27.8 Å². The van der Waals surface area contributed by atoms with Gasteiger partial charge < -0.3 is 10.6 Å². The molecular weight excluding hydrogens is 343 g/mol. The minimum Gasteiger partial charge on any atom is -0.347 e. The molecule has 0 heterocycles. The molecule has 27 heavy (non-hydrogen) atoms. The number of rotatable bonds is 3. The molecule has 2 aromatic carbocycles. The molecular formula is C22H27FN2O2. The number of amides is 2. The molecule has 4 nitrogen and oxygen atoms in total. The van der Waals surface area contributed by atoms with Gasteiger partial charge in [-0.3, -0.25) is 9.59 Å². The van der Waals surface area contributed by atoms with Crippen molar-refractivity contribution in [3.63, 3.8) is 0 Å². The third-order valence-electron chi connectivity index (χ3n) is 3.86. The predicted molar refractivity (Wildman–Crippen MR) is 107 cm³/mol. The average Bonchev–Trinajstić information content (AvgIpc) is 2.54. The maximum atomic E-state index is 14.0. The van der Waals surface area contributed by atoms with Crippen molar-refractivity contribution in [3.05, 3.63) is 53.8 Å². The first-order valence-electron chi connectivity index (χ1n) is 8.91. The fourth-order valence-corrected chi connectivity index (χ4v) is 2.48. The number of carbonyl (C=O) groups excluding carboxylic acids is 2. The number of hydrogen-bond donors (Lipinski definition) is 2. The molecule has 0 saturated heterocycles. The van der Waals surface area contributed by atoms with Crippen molar-refractivity contribution in [1.82, 2.24) is 5.32 Å². The summed E-state index contributed by atoms with van der Waals surface area (Å²) >= 11 is 0. The molecule has 0 atom stereocenters. The van der Waals surface area contributed by atoms with Gasteiger partial charge >= 0.3 is 0 Å². The SMILES string of the molecule is CC(C)(C)NC(=O)c1ccccc1-c1cc(F)ccc1NC(=O)C(C)(C)C. The van der Waals surface area contributed by atoms with E-state index in [0.717, 1.165) is 0 Å². The highest BCUT2D eigenvalue weighted by molar-refractivity contribution is 6.04. The van der Waals surface area contributed by atoms with E-state index in [1.54, 1.807) is 45.0 Å². The van der Waals surface area contributed by atoms with Crippen molar-refractivity contribution in [2.45, 2.75) is 47.1 Å². The van der Waals surface area contributed by atoms with Crippen molar-refractivity contribution in [3.8, 4) is 11.1 Å². The summed E-state index contributed by atoms with van der Waals surface area (Å²) < 4.78 is 14.0. The van der Waals surface area contributed by atoms with Gasteiger partial charge in [-0.1, -0.05) is 39.0 Å². The molecule has 2 amide bonds. The highest BCUT2D eigenvalue weighted by Crippen LogP contribution is 2.33. The maximum Gasteiger partial charge on any atom is 0.252 e. The summed E-state index contributed by atoms with van der Waals surface area (Å²) in [5.74, 6) is -0.882. The molecule has 0 fully saturated rings. The van der Waals surface area contributed by atoms with Crippen LogP contribution in [0.25, 0.3) is 11.1 Å². The van der Waals surface area contributed by atoms with Gasteiger partial charge in [0.1, 0.15) is 5.82 Å². The summed E-state index contributed by atoms with van der Waals surface area (Å²) in [4.78, 5) is 25.2. The second-order valence-electron chi connectivity index (χ2n) is 8.64. The third-order valence-corrected chi connectivity index (χ3v) is 3.86. The molecule has 0 aromatic heterocycles. The van der Waals surface area contributed by atoms with Crippen LogP contribution in [0.1, 0.15) is 51.9 Å². The zero-order valence-electron chi connectivity index (χ0n) is 16.7. The van der Waals surface area contributed by atoms with Gasteiger partial charge in [0.15, 0.2) is 0 Å². The van der Waals surface area contributed by atoms with E-state index in [4.69, 9.17) is 0 Å². The Morgan fingerprint density at radius 2 is 1.52 bits per heavy atom. The fraction of sp³-hybridized carbons (Fsp3) is 0.364. The van der Waals surface area contributed by atoms with Crippen LogP contribution in [0.4, 0.5) is 10.1 Å². The lowest BCUT2D eigenvalue weighted by atomic mass is 9.93. The zero-order chi connectivity index (χ0) is 20.4. The van der Waals surface area contributed by atoms with Gasteiger partial charge in [0.25, 0.3) is 5.91 Å². The number of benzene rings is 2. The standard InChI is InChI=1S/C22H27FN2O2/c1-21(2,3)20(27)24-18-12-11-14(23)13-17(18)15-9-7-8-10-16(15)19(26)25-22(4,5)6/h7-13H,1-6H3,(H,24,27)(H,25,26). The van der Waals surface area contributed by atoms with Crippen molar-refractivity contribution in [2.24, 2.45) is 5.41 Å². The Hall–Kier alpha value is -2.69. The Morgan fingerprint density at radius 3 is 2.11 bits per heavy atom. The van der Waals surface area contributed by atoms with Crippen molar-refractivity contribution in [1.29, 1.82) is 0 Å². The van der Waals surface area contributed by atoms with Gasteiger partial charge in [0.05, 0.1) is 0 Å². The van der Waals surface area contributed by atoms with Crippen molar-refractivity contribution in [2.75, 3.05) is 5.32 Å². The summed E-state index contributed by atoms with van der Waals surface area (Å²) in [5, 5.41) is 5.78. The van der Waals surface area contributed by atoms with E-state index in [9.17, 15) is 14.0 Å². The number of hydrogen-bond acceptors (Lipinski definition) is 2. The Bertz CT molecular complexity index is 861. The summed E-state index contributed by atoms with van der Waals surface area (Å²) in [6.45, 7) is 11.1. The molecule has 0 aliphatic rings. The second-order valence-corrected chi connectivity index (χ2v) is 8.64. The van der Waals surface area contributed by atoms with E-state index >= 15 is 0 Å². The highest BCUT2D eigenvalue weighted by atomic mass is 19.1. The normalized spacial score (nSPS) is 11.8. The quantitative estimate of drug-likeness (QED) is 0.798. The first-order valence-corrected chi connectivity index (χ1v) is 8.91. The maximum absolute atomic E-state index is 14.0. The molecule has 5 heteroatoms. The summed E-state index contributed by atoms with van der Waals surface area (Å²) in [6, 6.07) is 11.1. The lowest BCUT2D eigenvalue weighted by molar-refractivity contribution is -0.123. The molecule has 0 radical (unpaired) electrons. The van der Waals surface area contributed by atoms with Crippen LogP contribution in [0.15, 0.2) is 42.5 Å². The molecule has 0 spiro atoms. The molecule has 0 aliphatic heterocycles. The van der Waals surface area contributed by atoms with Crippen LogP contribution in [-0.4, -0.2) is 17.4 Å². The van der Waals surface area contributed by atoms with Crippen LogP contribution >= 0.6 is 0 Å². The summed E-state index contributed by atoms with van der Waals surface area (Å²) in [6.07, 6.45) is 0. The van der Waals surface area contributed by atoms with Crippen molar-refractivity contribution < 1.29 is 14.0 Å². The third kappa shape index (κ3) is 5.39. The average molecular weight is 370 g/mol. The molecule has 2 rings (SSSR count). The van der Waals surface area contributed by atoms with Crippen LogP contribution in [-0.2, 0) is 4.79 Å². The molecule has 2 N–H and O–H groups in total. The van der Waals surface area contributed by atoms with Crippen LogP contribution in [0.3, 0.4) is 0 Å². The number of halogens is 1. The molecule has 0 saturated carbocycles. The second kappa shape index (κ2) is 7.51. The Labute approximate surface area is 160 Å². The molecule has 0 bridgehead atoms. The van der Waals surface area contributed by atoms with E-state index in [1.165, 1.54) is 18.2 Å². The number of carbonyl (C=O) groups is 2. The number of nitrogens with one attached hydrogen (secondary N) is 2. The van der Waals surface area contributed by atoms with Gasteiger partial charge in [-0.15, -0.1) is 0 Å². The molecule has 144 valence electrons.